The van der Waals surface area contributed by atoms with Crippen molar-refractivity contribution in [3.8, 4) is 11.8 Å². The Hall–Kier alpha value is -0.460. The highest BCUT2D eigenvalue weighted by Crippen LogP contribution is 1.93. The fourth-order valence-electron chi connectivity index (χ4n) is 0.778. The van der Waals surface area contributed by atoms with Gasteiger partial charge in [-0.3, -0.25) is 4.79 Å². The molecule has 0 saturated heterocycles. The lowest BCUT2D eigenvalue weighted by atomic mass is 10.2. The van der Waals surface area contributed by atoms with Gasteiger partial charge in [-0.1, -0.05) is 25.5 Å². The molecular weight excluding hydrogens is 158 g/mol. The van der Waals surface area contributed by atoms with Crippen molar-refractivity contribution in [2.75, 3.05) is 20.6 Å². The van der Waals surface area contributed by atoms with E-state index in [0.29, 0.717) is 0 Å². The Labute approximate surface area is 73.4 Å². The highest BCUT2D eigenvalue weighted by Gasteiger charge is 1.97. The first kappa shape index (κ1) is 10.5. The summed E-state index contributed by atoms with van der Waals surface area (Å²) in [5, 5.41) is -0.365. The first-order chi connectivity index (χ1) is 5.02. The molecular formula is C8H13NOS. The highest BCUT2D eigenvalue weighted by atomic mass is 32.1. The van der Waals surface area contributed by atoms with E-state index in [2.05, 4.69) is 24.5 Å². The first-order valence-electron chi connectivity index (χ1n) is 3.41. The van der Waals surface area contributed by atoms with Crippen LogP contribution in [0.3, 0.4) is 0 Å². The smallest absolute Gasteiger partial charge is 0.259 e. The molecule has 0 aromatic rings. The van der Waals surface area contributed by atoms with Crippen molar-refractivity contribution in [1.29, 1.82) is 0 Å². The lowest BCUT2D eigenvalue weighted by Gasteiger charge is -2.10. The molecule has 0 bridgehead atoms. The zero-order valence-corrected chi connectivity index (χ0v) is 7.98. The number of carbonyl (C=O) groups is 1. The van der Waals surface area contributed by atoms with Crippen LogP contribution >= 0.6 is 12.6 Å². The lowest BCUT2D eigenvalue weighted by Crippen LogP contribution is -2.18. The van der Waals surface area contributed by atoms with Crippen molar-refractivity contribution in [2.24, 2.45) is 5.92 Å². The van der Waals surface area contributed by atoms with Crippen molar-refractivity contribution in [2.45, 2.75) is 6.92 Å². The minimum Gasteiger partial charge on any atom is -0.308 e. The van der Waals surface area contributed by atoms with Crippen molar-refractivity contribution in [3.05, 3.63) is 0 Å². The van der Waals surface area contributed by atoms with Crippen molar-refractivity contribution < 1.29 is 4.79 Å². The molecule has 0 amide bonds. The van der Waals surface area contributed by atoms with E-state index in [0.717, 1.165) is 6.54 Å². The topological polar surface area (TPSA) is 20.3 Å². The molecule has 0 aliphatic heterocycles. The van der Waals surface area contributed by atoms with Gasteiger partial charge >= 0.3 is 0 Å². The second kappa shape index (κ2) is 5.22. The molecule has 0 aromatic carbocycles. The van der Waals surface area contributed by atoms with Crippen LogP contribution in [0.2, 0.25) is 0 Å². The maximum absolute atomic E-state index is 10.3. The van der Waals surface area contributed by atoms with E-state index in [1.807, 2.05) is 25.9 Å². The van der Waals surface area contributed by atoms with E-state index in [4.69, 9.17) is 0 Å². The van der Waals surface area contributed by atoms with Crippen LogP contribution in [0.15, 0.2) is 0 Å². The van der Waals surface area contributed by atoms with Gasteiger partial charge in [0.25, 0.3) is 5.12 Å². The molecule has 0 spiro atoms. The summed E-state index contributed by atoms with van der Waals surface area (Å²) in [7, 11) is 3.95. The van der Waals surface area contributed by atoms with Gasteiger partial charge in [-0.25, -0.2) is 0 Å². The van der Waals surface area contributed by atoms with E-state index in [1.54, 1.807) is 0 Å². The summed E-state index contributed by atoms with van der Waals surface area (Å²) in [5.41, 5.74) is 0. The lowest BCUT2D eigenvalue weighted by molar-refractivity contribution is -0.106. The van der Waals surface area contributed by atoms with Crippen molar-refractivity contribution >= 4 is 17.7 Å². The number of thiol groups is 1. The van der Waals surface area contributed by atoms with Crippen LogP contribution in [0.5, 0.6) is 0 Å². The number of hydrogen-bond donors (Lipinski definition) is 1. The summed E-state index contributed by atoms with van der Waals surface area (Å²) >= 11 is 3.54. The summed E-state index contributed by atoms with van der Waals surface area (Å²) in [6.07, 6.45) is 0. The Morgan fingerprint density at radius 2 is 2.18 bits per heavy atom. The van der Waals surface area contributed by atoms with Crippen LogP contribution in [0.1, 0.15) is 6.92 Å². The van der Waals surface area contributed by atoms with Crippen molar-refractivity contribution in [3.63, 3.8) is 0 Å². The van der Waals surface area contributed by atoms with Gasteiger partial charge in [0, 0.05) is 12.5 Å². The van der Waals surface area contributed by atoms with Gasteiger partial charge < -0.3 is 4.90 Å². The molecule has 0 aromatic heterocycles. The molecule has 0 heterocycles. The molecule has 11 heavy (non-hydrogen) atoms. The number of nitrogens with zero attached hydrogens (tertiary/aromatic N) is 1. The first-order valence-corrected chi connectivity index (χ1v) is 3.86. The summed E-state index contributed by atoms with van der Waals surface area (Å²) in [4.78, 5) is 12.3. The van der Waals surface area contributed by atoms with Crippen LogP contribution in [-0.4, -0.2) is 30.7 Å². The third-order valence-corrected chi connectivity index (χ3v) is 1.18. The third-order valence-electron chi connectivity index (χ3n) is 1.06. The molecule has 2 nitrogen and oxygen atoms in total. The van der Waals surface area contributed by atoms with E-state index in [-0.39, 0.29) is 11.0 Å². The fourth-order valence-corrected chi connectivity index (χ4v) is 0.843. The Morgan fingerprint density at radius 1 is 1.64 bits per heavy atom. The summed E-state index contributed by atoms with van der Waals surface area (Å²) in [5.74, 6) is 5.42. The van der Waals surface area contributed by atoms with Gasteiger partial charge in [-0.15, -0.1) is 0 Å². The predicted octanol–water partition coefficient (Wildman–Crippen LogP) is 0.644. The monoisotopic (exact) mass is 171 g/mol. The number of carbonyl (C=O) groups excluding carboxylic acids is 1. The van der Waals surface area contributed by atoms with Gasteiger partial charge in [0.15, 0.2) is 0 Å². The molecule has 0 aliphatic carbocycles. The minimum absolute atomic E-state index is 0.223. The fraction of sp³-hybridized carbons (Fsp3) is 0.625. The van der Waals surface area contributed by atoms with E-state index in [1.165, 1.54) is 0 Å². The summed E-state index contributed by atoms with van der Waals surface area (Å²) in [6.45, 7) is 2.85. The van der Waals surface area contributed by atoms with Gasteiger partial charge in [0.1, 0.15) is 0 Å². The normalized spacial score (nSPS) is 12.1. The highest BCUT2D eigenvalue weighted by molar-refractivity contribution is 7.97. The maximum atomic E-state index is 10.3. The van der Waals surface area contributed by atoms with Gasteiger partial charge in [0.2, 0.25) is 0 Å². The second-order valence-corrected chi connectivity index (χ2v) is 3.14. The number of hydrogen-bond acceptors (Lipinski definition) is 2. The molecule has 0 saturated carbocycles. The SMILES string of the molecule is CC(C#CC(=O)S)CN(C)C. The second-order valence-electron chi connectivity index (χ2n) is 2.74. The molecule has 0 fully saturated rings. The van der Waals surface area contributed by atoms with Gasteiger partial charge in [0.05, 0.1) is 0 Å². The molecule has 62 valence electrons. The molecule has 0 aliphatic rings. The zero-order chi connectivity index (χ0) is 8.85. The summed E-state index contributed by atoms with van der Waals surface area (Å²) in [6, 6.07) is 0. The largest absolute Gasteiger partial charge is 0.308 e. The third kappa shape index (κ3) is 7.44. The Kier molecular flexibility index (Phi) is 5.01. The Balaban J connectivity index is 3.80. The van der Waals surface area contributed by atoms with Crippen molar-refractivity contribution in [1.82, 2.24) is 4.90 Å². The molecule has 1 unspecified atom stereocenters. The van der Waals surface area contributed by atoms with E-state index >= 15 is 0 Å². The Morgan fingerprint density at radius 3 is 2.55 bits per heavy atom. The average molecular weight is 171 g/mol. The predicted molar refractivity (Wildman–Crippen MR) is 49.5 cm³/mol. The molecule has 0 radical (unpaired) electrons. The zero-order valence-electron chi connectivity index (χ0n) is 7.09. The van der Waals surface area contributed by atoms with E-state index < -0.39 is 0 Å². The van der Waals surface area contributed by atoms with Crippen LogP contribution in [0.25, 0.3) is 0 Å². The maximum Gasteiger partial charge on any atom is 0.259 e. The van der Waals surface area contributed by atoms with E-state index in [9.17, 15) is 4.79 Å². The average Bonchev–Trinajstić information content (AvgIpc) is 1.82. The molecule has 0 N–H and O–H groups in total. The quantitative estimate of drug-likeness (QED) is 0.486. The van der Waals surface area contributed by atoms with Gasteiger partial charge in [-0.2, -0.15) is 0 Å². The van der Waals surface area contributed by atoms with Crippen LogP contribution in [0.4, 0.5) is 0 Å². The van der Waals surface area contributed by atoms with Crippen LogP contribution in [-0.2, 0) is 4.79 Å². The molecule has 1 atom stereocenters. The minimum atomic E-state index is -0.365. The molecule has 0 rings (SSSR count). The standard InChI is InChI=1S/C8H13NOS/c1-7(6-9(2)3)4-5-8(10)11/h7H,6H2,1-3H3,(H,10,11). The van der Waals surface area contributed by atoms with Crippen LogP contribution in [0, 0.1) is 17.8 Å². The van der Waals surface area contributed by atoms with Gasteiger partial charge in [-0.05, 0) is 20.0 Å². The summed E-state index contributed by atoms with van der Waals surface area (Å²) < 4.78 is 0. The molecule has 3 heteroatoms. The Bertz CT molecular complexity index is 190. The number of rotatable bonds is 2. The van der Waals surface area contributed by atoms with Crippen LogP contribution < -0.4 is 0 Å².